The molecule has 1 aromatic carbocycles. The fraction of sp³-hybridized carbons (Fsp3) is 0.238. The third-order valence-corrected chi connectivity index (χ3v) is 6.20. The number of carbonyl (C=O) groups is 3. The highest BCUT2D eigenvalue weighted by atomic mass is 35.5. The quantitative estimate of drug-likeness (QED) is 0.355. The van der Waals surface area contributed by atoms with E-state index in [4.69, 9.17) is 16.3 Å². The minimum Gasteiger partial charge on any atom is -0.459 e. The maximum Gasteiger partial charge on any atom is 0.306 e. The van der Waals surface area contributed by atoms with Gasteiger partial charge < -0.3 is 10.1 Å². The summed E-state index contributed by atoms with van der Waals surface area (Å²) in [5.74, 6) is -0.777. The number of aryl methyl sites for hydroxylation is 1. The standard InChI is InChI=1S/C21H19ClN2O4S2/c1-13-2-4-14(5-3-13)23-19(26)10-20-24-15(12-29-20)11-28-21(27)9-6-16(25)17-7-8-18(22)30-17/h2-5,7-8,12H,6,9-11H2,1H3,(H,23,26). The zero-order valence-corrected chi connectivity index (χ0v) is 18.5. The molecule has 6 nitrogen and oxygen atoms in total. The number of carbonyl (C=O) groups excluding carboxylic acids is 3. The van der Waals surface area contributed by atoms with E-state index in [0.29, 0.717) is 19.9 Å². The van der Waals surface area contributed by atoms with Gasteiger partial charge in [0.25, 0.3) is 0 Å². The normalized spacial score (nSPS) is 10.6. The summed E-state index contributed by atoms with van der Waals surface area (Å²) in [4.78, 5) is 40.9. The Morgan fingerprint density at radius 1 is 1.10 bits per heavy atom. The predicted molar refractivity (Wildman–Crippen MR) is 118 cm³/mol. The number of amides is 1. The Kier molecular flexibility index (Phi) is 7.73. The molecule has 1 N–H and O–H groups in total. The number of benzene rings is 1. The molecule has 3 aromatic rings. The van der Waals surface area contributed by atoms with Crippen molar-refractivity contribution in [3.05, 3.63) is 67.3 Å². The number of anilines is 1. The number of Topliss-reactive ketones (excluding diaryl/α,β-unsaturated/α-hetero) is 1. The van der Waals surface area contributed by atoms with Crippen molar-refractivity contribution >= 4 is 57.6 Å². The molecule has 0 bridgehead atoms. The van der Waals surface area contributed by atoms with Crippen LogP contribution < -0.4 is 5.32 Å². The van der Waals surface area contributed by atoms with Crippen molar-refractivity contribution in [1.82, 2.24) is 4.98 Å². The van der Waals surface area contributed by atoms with Crippen LogP contribution in [0.1, 0.15) is 38.8 Å². The molecule has 0 aliphatic rings. The van der Waals surface area contributed by atoms with Gasteiger partial charge in [0.2, 0.25) is 5.91 Å². The number of rotatable bonds is 9. The van der Waals surface area contributed by atoms with Crippen LogP contribution in [-0.4, -0.2) is 22.6 Å². The molecule has 0 saturated heterocycles. The van der Waals surface area contributed by atoms with Gasteiger partial charge in [0.05, 0.1) is 27.7 Å². The van der Waals surface area contributed by atoms with E-state index in [1.54, 1.807) is 17.5 Å². The van der Waals surface area contributed by atoms with Crippen molar-refractivity contribution in [2.24, 2.45) is 0 Å². The molecule has 3 rings (SSSR count). The van der Waals surface area contributed by atoms with E-state index in [2.05, 4.69) is 10.3 Å². The second-order valence-electron chi connectivity index (χ2n) is 6.51. The molecule has 0 fully saturated rings. The third kappa shape index (κ3) is 6.76. The minimum atomic E-state index is -0.474. The lowest BCUT2D eigenvalue weighted by Gasteiger charge is -2.04. The number of thiazole rings is 1. The Morgan fingerprint density at radius 3 is 2.57 bits per heavy atom. The lowest BCUT2D eigenvalue weighted by molar-refractivity contribution is -0.145. The van der Waals surface area contributed by atoms with Gasteiger partial charge in [-0.3, -0.25) is 14.4 Å². The highest BCUT2D eigenvalue weighted by Gasteiger charge is 2.14. The summed E-state index contributed by atoms with van der Waals surface area (Å²) in [7, 11) is 0. The minimum absolute atomic E-state index is 0.00787. The molecule has 0 atom stereocenters. The number of esters is 1. The first-order chi connectivity index (χ1) is 14.4. The first-order valence-corrected chi connectivity index (χ1v) is 11.2. The lowest BCUT2D eigenvalue weighted by atomic mass is 10.2. The molecule has 0 aliphatic heterocycles. The van der Waals surface area contributed by atoms with Crippen molar-refractivity contribution in [2.75, 3.05) is 5.32 Å². The molecule has 0 unspecified atom stereocenters. The van der Waals surface area contributed by atoms with E-state index in [0.717, 1.165) is 11.3 Å². The Morgan fingerprint density at radius 2 is 1.87 bits per heavy atom. The van der Waals surface area contributed by atoms with Gasteiger partial charge in [0, 0.05) is 17.5 Å². The zero-order valence-electron chi connectivity index (χ0n) is 16.1. The largest absolute Gasteiger partial charge is 0.459 e. The van der Waals surface area contributed by atoms with Gasteiger partial charge in [0.1, 0.15) is 11.6 Å². The van der Waals surface area contributed by atoms with E-state index in [1.165, 1.54) is 22.7 Å². The van der Waals surface area contributed by atoms with Gasteiger partial charge in [-0.05, 0) is 31.2 Å². The van der Waals surface area contributed by atoms with Crippen molar-refractivity contribution < 1.29 is 19.1 Å². The van der Waals surface area contributed by atoms with Crippen LogP contribution in [0.3, 0.4) is 0 Å². The summed E-state index contributed by atoms with van der Waals surface area (Å²) in [5.41, 5.74) is 2.42. The smallest absolute Gasteiger partial charge is 0.306 e. The molecule has 9 heteroatoms. The second kappa shape index (κ2) is 10.5. The second-order valence-corrected chi connectivity index (χ2v) is 9.17. The number of hydrogen-bond acceptors (Lipinski definition) is 7. The van der Waals surface area contributed by atoms with Crippen LogP contribution in [0.2, 0.25) is 4.34 Å². The molecule has 0 aliphatic carbocycles. The average Bonchev–Trinajstić information content (AvgIpc) is 3.35. The van der Waals surface area contributed by atoms with Crippen molar-refractivity contribution in [3.63, 3.8) is 0 Å². The number of ether oxygens (including phenoxy) is 1. The van der Waals surface area contributed by atoms with Crippen molar-refractivity contribution in [1.29, 1.82) is 0 Å². The number of halogens is 1. The Balaban J connectivity index is 1.40. The van der Waals surface area contributed by atoms with Crippen molar-refractivity contribution in [2.45, 2.75) is 32.8 Å². The van der Waals surface area contributed by atoms with Gasteiger partial charge in [-0.2, -0.15) is 0 Å². The first kappa shape index (κ1) is 22.1. The lowest BCUT2D eigenvalue weighted by Crippen LogP contribution is -2.14. The van der Waals surface area contributed by atoms with Gasteiger partial charge in [-0.1, -0.05) is 29.3 Å². The Hall–Kier alpha value is -2.55. The number of thiophene rings is 1. The third-order valence-electron chi connectivity index (χ3n) is 4.03. The van der Waals surface area contributed by atoms with Crippen LogP contribution in [0, 0.1) is 6.92 Å². The summed E-state index contributed by atoms with van der Waals surface area (Å²) in [6.45, 7) is 1.99. The molecule has 156 valence electrons. The molecule has 30 heavy (non-hydrogen) atoms. The molecule has 0 spiro atoms. The summed E-state index contributed by atoms with van der Waals surface area (Å²) in [5, 5.41) is 5.21. The Labute approximate surface area is 186 Å². The summed E-state index contributed by atoms with van der Waals surface area (Å²) < 4.78 is 5.71. The zero-order chi connectivity index (χ0) is 21.5. The molecule has 1 amide bonds. The van der Waals surface area contributed by atoms with E-state index in [1.807, 2.05) is 31.2 Å². The van der Waals surface area contributed by atoms with Gasteiger partial charge >= 0.3 is 5.97 Å². The fourth-order valence-electron chi connectivity index (χ4n) is 2.51. The molecule has 0 saturated carbocycles. The summed E-state index contributed by atoms with van der Waals surface area (Å²) in [6, 6.07) is 10.8. The van der Waals surface area contributed by atoms with Crippen LogP contribution in [0.4, 0.5) is 5.69 Å². The molecule has 2 heterocycles. The summed E-state index contributed by atoms with van der Waals surface area (Å²) in [6.07, 6.45) is 0.200. The van der Waals surface area contributed by atoms with Gasteiger partial charge in [-0.15, -0.1) is 22.7 Å². The van der Waals surface area contributed by atoms with Crippen LogP contribution in [0.25, 0.3) is 0 Å². The molecular formula is C21H19ClN2O4S2. The summed E-state index contributed by atoms with van der Waals surface area (Å²) >= 11 is 8.33. The van der Waals surface area contributed by atoms with E-state index in [-0.39, 0.29) is 37.6 Å². The number of nitrogens with zero attached hydrogens (tertiary/aromatic N) is 1. The van der Waals surface area contributed by atoms with Gasteiger partial charge in [-0.25, -0.2) is 4.98 Å². The number of nitrogens with one attached hydrogen (secondary N) is 1. The number of aromatic nitrogens is 1. The number of hydrogen-bond donors (Lipinski definition) is 1. The van der Waals surface area contributed by atoms with Crippen molar-refractivity contribution in [3.8, 4) is 0 Å². The predicted octanol–water partition coefficient (Wildman–Crippen LogP) is 5.05. The highest BCUT2D eigenvalue weighted by Crippen LogP contribution is 2.23. The van der Waals surface area contributed by atoms with E-state index >= 15 is 0 Å². The SMILES string of the molecule is Cc1ccc(NC(=O)Cc2nc(COC(=O)CCC(=O)c3ccc(Cl)s3)cs2)cc1. The maximum absolute atomic E-state index is 12.1. The van der Waals surface area contributed by atoms with E-state index in [9.17, 15) is 14.4 Å². The van der Waals surface area contributed by atoms with Crippen LogP contribution in [0.15, 0.2) is 41.8 Å². The Bertz CT molecular complexity index is 1040. The van der Waals surface area contributed by atoms with Gasteiger partial charge in [0.15, 0.2) is 5.78 Å². The average molecular weight is 463 g/mol. The van der Waals surface area contributed by atoms with Crippen LogP contribution in [-0.2, 0) is 27.4 Å². The molecule has 2 aromatic heterocycles. The molecular weight excluding hydrogens is 444 g/mol. The monoisotopic (exact) mass is 462 g/mol. The molecule has 0 radical (unpaired) electrons. The first-order valence-electron chi connectivity index (χ1n) is 9.13. The fourth-order valence-corrected chi connectivity index (χ4v) is 4.29. The highest BCUT2D eigenvalue weighted by molar-refractivity contribution is 7.18. The van der Waals surface area contributed by atoms with Crippen LogP contribution >= 0.6 is 34.3 Å². The van der Waals surface area contributed by atoms with Crippen LogP contribution in [0.5, 0.6) is 0 Å². The topological polar surface area (TPSA) is 85.4 Å². The maximum atomic E-state index is 12.1. The number of ketones is 1. The van der Waals surface area contributed by atoms with E-state index < -0.39 is 5.97 Å².